The van der Waals surface area contributed by atoms with E-state index in [1.807, 2.05) is 0 Å². The summed E-state index contributed by atoms with van der Waals surface area (Å²) in [5.74, 6) is 0.939. The molecule has 0 aromatic heterocycles. The Kier molecular flexibility index (Phi) is 3.84. The zero-order chi connectivity index (χ0) is 9.19. The van der Waals surface area contributed by atoms with E-state index in [9.17, 15) is 0 Å². The Labute approximate surface area is 85.7 Å². The minimum absolute atomic E-state index is 0.520. The summed E-state index contributed by atoms with van der Waals surface area (Å²) in [5, 5.41) is 0.826. The van der Waals surface area contributed by atoms with E-state index < -0.39 is 0 Å². The fourth-order valence-corrected chi connectivity index (χ4v) is 3.15. The zero-order valence-electron chi connectivity index (χ0n) is 8.34. The molecule has 0 N–H and O–H groups in total. The first kappa shape index (κ1) is 10.8. The van der Waals surface area contributed by atoms with E-state index in [2.05, 4.69) is 32.4 Å². The first-order chi connectivity index (χ1) is 5.54. The average Bonchev–Trinajstić information content (AvgIpc) is 2.03. The van der Waals surface area contributed by atoms with E-state index in [-0.39, 0.29) is 0 Å². The molecule has 0 saturated heterocycles. The average molecular weight is 204 g/mol. The standard InChI is InChI=1S/C10H20S2/c1-10(2,3)8-4-6-9(12-11)7-5-8/h8-9,11H,4-7H2,1-3H3. The van der Waals surface area contributed by atoms with Crippen molar-refractivity contribution in [2.24, 2.45) is 11.3 Å². The van der Waals surface area contributed by atoms with Crippen molar-refractivity contribution in [1.82, 2.24) is 0 Å². The van der Waals surface area contributed by atoms with Crippen LogP contribution in [0.1, 0.15) is 46.5 Å². The van der Waals surface area contributed by atoms with Gasteiger partial charge in [-0.05, 0) is 37.0 Å². The topological polar surface area (TPSA) is 0 Å². The van der Waals surface area contributed by atoms with Crippen molar-refractivity contribution in [2.45, 2.75) is 51.7 Å². The van der Waals surface area contributed by atoms with Crippen LogP contribution in [0.3, 0.4) is 0 Å². The van der Waals surface area contributed by atoms with E-state index in [1.54, 1.807) is 10.8 Å². The third-order valence-electron chi connectivity index (χ3n) is 3.05. The summed E-state index contributed by atoms with van der Waals surface area (Å²) in [7, 11) is 1.75. The molecule has 0 bridgehead atoms. The molecule has 12 heavy (non-hydrogen) atoms. The zero-order valence-corrected chi connectivity index (χ0v) is 10.0. The molecule has 0 nitrogen and oxygen atoms in total. The van der Waals surface area contributed by atoms with Crippen molar-refractivity contribution in [3.63, 3.8) is 0 Å². The van der Waals surface area contributed by atoms with Crippen molar-refractivity contribution >= 4 is 22.5 Å². The molecule has 0 spiro atoms. The molecule has 2 heteroatoms. The van der Waals surface area contributed by atoms with Gasteiger partial charge < -0.3 is 0 Å². The third kappa shape index (κ3) is 2.88. The van der Waals surface area contributed by atoms with Gasteiger partial charge in [-0.3, -0.25) is 0 Å². The maximum Gasteiger partial charge on any atom is 0.0149 e. The highest BCUT2D eigenvalue weighted by atomic mass is 33.1. The molecule has 1 rings (SSSR count). The van der Waals surface area contributed by atoms with Gasteiger partial charge in [0.25, 0.3) is 0 Å². The van der Waals surface area contributed by atoms with Crippen molar-refractivity contribution in [2.75, 3.05) is 0 Å². The van der Waals surface area contributed by atoms with Gasteiger partial charge >= 0.3 is 0 Å². The maximum atomic E-state index is 4.28. The highest BCUT2D eigenvalue weighted by Crippen LogP contribution is 2.41. The monoisotopic (exact) mass is 204 g/mol. The van der Waals surface area contributed by atoms with Crippen molar-refractivity contribution in [3.05, 3.63) is 0 Å². The molecule has 0 amide bonds. The van der Waals surface area contributed by atoms with Gasteiger partial charge in [0.15, 0.2) is 0 Å². The second kappa shape index (κ2) is 4.28. The van der Waals surface area contributed by atoms with Crippen molar-refractivity contribution in [1.29, 1.82) is 0 Å². The molecule has 1 fully saturated rings. The van der Waals surface area contributed by atoms with Gasteiger partial charge in [-0.2, -0.15) is 0 Å². The Morgan fingerprint density at radius 1 is 1.08 bits per heavy atom. The SMILES string of the molecule is CC(C)(C)C1CCC(SS)CC1. The Morgan fingerprint density at radius 2 is 1.58 bits per heavy atom. The summed E-state index contributed by atoms with van der Waals surface area (Å²) in [6.45, 7) is 7.10. The number of thiol groups is 1. The Bertz CT molecular complexity index is 129. The quantitative estimate of drug-likeness (QED) is 0.494. The van der Waals surface area contributed by atoms with Crippen LogP contribution in [0.2, 0.25) is 0 Å². The molecule has 0 aromatic rings. The lowest BCUT2D eigenvalue weighted by molar-refractivity contribution is 0.182. The molecule has 0 radical (unpaired) electrons. The molecule has 72 valence electrons. The fraction of sp³-hybridized carbons (Fsp3) is 1.00. The van der Waals surface area contributed by atoms with Crippen LogP contribution >= 0.6 is 22.5 Å². The molecular formula is C10H20S2. The van der Waals surface area contributed by atoms with Crippen LogP contribution in [-0.2, 0) is 0 Å². The van der Waals surface area contributed by atoms with Crippen LogP contribution in [0.5, 0.6) is 0 Å². The summed E-state index contributed by atoms with van der Waals surface area (Å²) in [6, 6.07) is 0. The second-order valence-corrected chi connectivity index (χ2v) is 6.46. The lowest BCUT2D eigenvalue weighted by Crippen LogP contribution is -2.26. The Hall–Kier alpha value is 0.700. The second-order valence-electron chi connectivity index (χ2n) is 4.95. The van der Waals surface area contributed by atoms with Gasteiger partial charge in [0.05, 0.1) is 0 Å². The van der Waals surface area contributed by atoms with E-state index in [0.717, 1.165) is 11.2 Å². The minimum atomic E-state index is 0.520. The van der Waals surface area contributed by atoms with Gasteiger partial charge in [-0.1, -0.05) is 31.6 Å². The minimum Gasteiger partial charge on any atom is -0.111 e. The van der Waals surface area contributed by atoms with Gasteiger partial charge in [0.2, 0.25) is 0 Å². The highest BCUT2D eigenvalue weighted by Gasteiger charge is 2.29. The molecule has 0 atom stereocenters. The highest BCUT2D eigenvalue weighted by molar-refractivity contribution is 8.68. The molecule has 1 aliphatic rings. The summed E-state index contributed by atoms with van der Waals surface area (Å²) >= 11 is 4.28. The largest absolute Gasteiger partial charge is 0.111 e. The molecule has 0 unspecified atom stereocenters. The van der Waals surface area contributed by atoms with E-state index >= 15 is 0 Å². The summed E-state index contributed by atoms with van der Waals surface area (Å²) < 4.78 is 0. The van der Waals surface area contributed by atoms with E-state index in [0.29, 0.717) is 5.41 Å². The molecule has 1 aliphatic carbocycles. The van der Waals surface area contributed by atoms with Crippen LogP contribution in [-0.4, -0.2) is 5.25 Å². The van der Waals surface area contributed by atoms with Crippen LogP contribution in [0.4, 0.5) is 0 Å². The van der Waals surface area contributed by atoms with E-state index in [1.165, 1.54) is 25.7 Å². The number of hydrogen-bond acceptors (Lipinski definition) is 2. The molecular weight excluding hydrogens is 184 g/mol. The van der Waals surface area contributed by atoms with Crippen LogP contribution in [0.15, 0.2) is 0 Å². The predicted molar refractivity (Wildman–Crippen MR) is 61.8 cm³/mol. The Morgan fingerprint density at radius 3 is 1.92 bits per heavy atom. The Balaban J connectivity index is 2.36. The molecule has 0 aromatic carbocycles. The summed E-state index contributed by atoms with van der Waals surface area (Å²) in [6.07, 6.45) is 5.55. The predicted octanol–water partition coefficient (Wildman–Crippen LogP) is 4.17. The lowest BCUT2D eigenvalue weighted by atomic mass is 9.72. The van der Waals surface area contributed by atoms with Crippen molar-refractivity contribution in [3.8, 4) is 0 Å². The maximum absolute atomic E-state index is 4.28. The fourth-order valence-electron chi connectivity index (χ4n) is 2.03. The molecule has 0 heterocycles. The first-order valence-electron chi connectivity index (χ1n) is 4.84. The van der Waals surface area contributed by atoms with Crippen molar-refractivity contribution < 1.29 is 0 Å². The van der Waals surface area contributed by atoms with Crippen LogP contribution < -0.4 is 0 Å². The summed E-state index contributed by atoms with van der Waals surface area (Å²) in [5.41, 5.74) is 0.520. The van der Waals surface area contributed by atoms with Crippen LogP contribution in [0, 0.1) is 11.3 Å². The van der Waals surface area contributed by atoms with Gasteiger partial charge in [0, 0.05) is 5.25 Å². The molecule has 1 saturated carbocycles. The summed E-state index contributed by atoms with van der Waals surface area (Å²) in [4.78, 5) is 0. The normalized spacial score (nSPS) is 32.0. The lowest BCUT2D eigenvalue weighted by Gasteiger charge is -2.36. The van der Waals surface area contributed by atoms with Gasteiger partial charge in [0.1, 0.15) is 0 Å². The number of hydrogen-bond donors (Lipinski definition) is 1. The first-order valence-corrected chi connectivity index (χ1v) is 6.77. The molecule has 0 aliphatic heterocycles. The van der Waals surface area contributed by atoms with Gasteiger partial charge in [-0.25, -0.2) is 0 Å². The smallest absolute Gasteiger partial charge is 0.0149 e. The van der Waals surface area contributed by atoms with Gasteiger partial charge in [-0.15, -0.1) is 11.7 Å². The number of rotatable bonds is 1. The third-order valence-corrected chi connectivity index (χ3v) is 4.71. The van der Waals surface area contributed by atoms with Crippen LogP contribution in [0.25, 0.3) is 0 Å². The van der Waals surface area contributed by atoms with E-state index in [4.69, 9.17) is 0 Å².